The van der Waals surface area contributed by atoms with Crippen LogP contribution >= 0.6 is 0 Å². The van der Waals surface area contributed by atoms with Crippen molar-refractivity contribution < 1.29 is 9.84 Å². The third kappa shape index (κ3) is 2.66. The minimum absolute atomic E-state index is 0.0354. The Labute approximate surface area is 197 Å². The van der Waals surface area contributed by atoms with E-state index in [1.165, 1.54) is 44.9 Å². The molecule has 1 aliphatic heterocycles. The molecule has 1 spiro atoms. The van der Waals surface area contributed by atoms with Crippen molar-refractivity contribution in [2.45, 2.75) is 124 Å². The second-order valence-corrected chi connectivity index (χ2v) is 14.9. The van der Waals surface area contributed by atoms with Gasteiger partial charge in [-0.25, -0.2) is 0 Å². The van der Waals surface area contributed by atoms with Gasteiger partial charge in [0.25, 0.3) is 0 Å². The molecule has 1 saturated heterocycles. The molecule has 0 aromatic rings. The van der Waals surface area contributed by atoms with Crippen LogP contribution in [0.2, 0.25) is 0 Å². The van der Waals surface area contributed by atoms with E-state index in [1.54, 1.807) is 0 Å². The Morgan fingerprint density at radius 2 is 1.59 bits per heavy atom. The van der Waals surface area contributed by atoms with Crippen LogP contribution in [0.15, 0.2) is 0 Å². The summed E-state index contributed by atoms with van der Waals surface area (Å²) in [6.07, 6.45) is 12.0. The molecule has 2 heteroatoms. The molecular formula is C30H50O2. The lowest BCUT2D eigenvalue weighted by Gasteiger charge is -2.59. The first kappa shape index (κ1) is 22.4. The number of epoxide rings is 1. The van der Waals surface area contributed by atoms with Crippen molar-refractivity contribution in [3.8, 4) is 0 Å². The van der Waals surface area contributed by atoms with E-state index in [0.29, 0.717) is 22.3 Å². The van der Waals surface area contributed by atoms with Gasteiger partial charge >= 0.3 is 0 Å². The maximum Gasteiger partial charge on any atom is 0.103 e. The highest BCUT2D eigenvalue weighted by molar-refractivity contribution is 5.24. The maximum atomic E-state index is 10.4. The Morgan fingerprint density at radius 1 is 0.844 bits per heavy atom. The molecule has 32 heavy (non-hydrogen) atoms. The van der Waals surface area contributed by atoms with Crippen molar-refractivity contribution in [2.75, 3.05) is 0 Å². The van der Waals surface area contributed by atoms with E-state index in [0.717, 1.165) is 60.2 Å². The van der Waals surface area contributed by atoms with Crippen LogP contribution in [0.3, 0.4) is 0 Å². The highest BCUT2D eigenvalue weighted by Gasteiger charge is 2.76. The summed E-state index contributed by atoms with van der Waals surface area (Å²) in [6, 6.07) is 0. The molecule has 182 valence electrons. The predicted molar refractivity (Wildman–Crippen MR) is 130 cm³/mol. The molecule has 6 aliphatic rings. The SMILES string of the molecule is CC(C)[C@@H](C)[C@@]1(C)C[C@@H]1[C@@H](C)[C@H]1CC[C@H]2[C@@H]3C[C@H]4OC45C[C@@H](O)CC[C@]5(C)[C@H]3CC[C@]12C. The molecule has 1 N–H and O–H groups in total. The number of hydrogen-bond acceptors (Lipinski definition) is 2. The quantitative estimate of drug-likeness (QED) is 0.471. The summed E-state index contributed by atoms with van der Waals surface area (Å²) in [5.41, 5.74) is 1.48. The molecule has 13 atom stereocenters. The first-order valence-corrected chi connectivity index (χ1v) is 14.3. The number of hydrogen-bond donors (Lipinski definition) is 1. The lowest BCUT2D eigenvalue weighted by molar-refractivity contribution is -0.117. The van der Waals surface area contributed by atoms with Crippen molar-refractivity contribution in [1.29, 1.82) is 0 Å². The summed E-state index contributed by atoms with van der Waals surface area (Å²) >= 11 is 0. The van der Waals surface area contributed by atoms with Crippen molar-refractivity contribution in [3.63, 3.8) is 0 Å². The van der Waals surface area contributed by atoms with Gasteiger partial charge in [-0.3, -0.25) is 0 Å². The lowest BCUT2D eigenvalue weighted by Crippen LogP contribution is -2.58. The third-order valence-corrected chi connectivity index (χ3v) is 13.8. The summed E-state index contributed by atoms with van der Waals surface area (Å²) in [5, 5.41) is 10.4. The van der Waals surface area contributed by atoms with Crippen LogP contribution in [0.4, 0.5) is 0 Å². The van der Waals surface area contributed by atoms with Crippen LogP contribution in [-0.4, -0.2) is 22.9 Å². The van der Waals surface area contributed by atoms with Crippen molar-refractivity contribution in [2.24, 2.45) is 63.6 Å². The van der Waals surface area contributed by atoms with E-state index in [4.69, 9.17) is 4.74 Å². The average molecular weight is 443 g/mol. The van der Waals surface area contributed by atoms with E-state index >= 15 is 0 Å². The number of ether oxygens (including phenoxy) is 1. The van der Waals surface area contributed by atoms with Crippen molar-refractivity contribution >= 4 is 0 Å². The highest BCUT2D eigenvalue weighted by atomic mass is 16.6. The molecule has 0 bridgehead atoms. The number of aliphatic hydroxyl groups is 1. The molecule has 0 radical (unpaired) electrons. The van der Waals surface area contributed by atoms with Crippen LogP contribution in [0.25, 0.3) is 0 Å². The zero-order chi connectivity index (χ0) is 22.8. The first-order valence-electron chi connectivity index (χ1n) is 14.3. The van der Waals surface area contributed by atoms with Crippen molar-refractivity contribution in [1.82, 2.24) is 0 Å². The van der Waals surface area contributed by atoms with Gasteiger partial charge in [0.1, 0.15) is 5.60 Å². The number of fused-ring (bicyclic) bond motifs is 4. The van der Waals surface area contributed by atoms with E-state index < -0.39 is 0 Å². The molecule has 6 fully saturated rings. The summed E-state index contributed by atoms with van der Waals surface area (Å²) in [5.74, 6) is 7.00. The summed E-state index contributed by atoms with van der Waals surface area (Å²) in [6.45, 7) is 17.9. The molecule has 5 aliphatic carbocycles. The molecule has 6 rings (SSSR count). The van der Waals surface area contributed by atoms with Gasteiger partial charge < -0.3 is 9.84 Å². The summed E-state index contributed by atoms with van der Waals surface area (Å²) in [4.78, 5) is 0. The van der Waals surface area contributed by atoms with Gasteiger partial charge in [0.2, 0.25) is 0 Å². The molecule has 1 unspecified atom stereocenters. The molecule has 0 aromatic heterocycles. The van der Waals surface area contributed by atoms with Crippen LogP contribution in [0.1, 0.15) is 106 Å². The Kier molecular flexibility index (Phi) is 4.74. The topological polar surface area (TPSA) is 32.8 Å². The van der Waals surface area contributed by atoms with E-state index in [1.807, 2.05) is 0 Å². The van der Waals surface area contributed by atoms with E-state index in [9.17, 15) is 5.11 Å². The van der Waals surface area contributed by atoms with Crippen LogP contribution in [0.5, 0.6) is 0 Å². The summed E-state index contributed by atoms with van der Waals surface area (Å²) in [7, 11) is 0. The highest BCUT2D eigenvalue weighted by Crippen LogP contribution is 2.75. The van der Waals surface area contributed by atoms with Gasteiger partial charge in [0.05, 0.1) is 12.2 Å². The van der Waals surface area contributed by atoms with Gasteiger partial charge in [-0.1, -0.05) is 48.5 Å². The number of aliphatic hydroxyl groups excluding tert-OH is 1. The molecule has 1 heterocycles. The summed E-state index contributed by atoms with van der Waals surface area (Å²) < 4.78 is 6.55. The molecular weight excluding hydrogens is 392 g/mol. The molecule has 2 nitrogen and oxygen atoms in total. The fourth-order valence-corrected chi connectivity index (χ4v) is 11.3. The Bertz CT molecular complexity index is 777. The second kappa shape index (κ2) is 6.77. The van der Waals surface area contributed by atoms with Crippen molar-refractivity contribution in [3.05, 3.63) is 0 Å². The van der Waals surface area contributed by atoms with Gasteiger partial charge in [-0.2, -0.15) is 0 Å². The van der Waals surface area contributed by atoms with Gasteiger partial charge in [0, 0.05) is 11.8 Å². The van der Waals surface area contributed by atoms with Crippen LogP contribution < -0.4 is 0 Å². The van der Waals surface area contributed by atoms with Gasteiger partial charge in [-0.05, 0) is 110 Å². The monoisotopic (exact) mass is 442 g/mol. The standard InChI is InChI=1S/C30H50O2/c1-17(2)19(4)28(6)16-25(28)18(3)22-8-9-23-21-14-26-30(32-26)15-20(31)10-13-29(30,7)24(21)11-12-27(22,23)5/h17-26,31H,8-16H2,1-7H3/t18-,19+,20-,21-,22+,23-,24-,25+,26+,27+,28+,29+,30?/m0/s1. The normalized spacial score (nSPS) is 60.1. The fourth-order valence-electron chi connectivity index (χ4n) is 11.3. The zero-order valence-electron chi connectivity index (χ0n) is 22.0. The fraction of sp³-hybridized carbons (Fsp3) is 1.00. The van der Waals surface area contributed by atoms with E-state index in [2.05, 4.69) is 48.5 Å². The third-order valence-electron chi connectivity index (χ3n) is 13.8. The average Bonchev–Trinajstić information content (AvgIpc) is 3.58. The Balaban J connectivity index is 1.23. The zero-order valence-corrected chi connectivity index (χ0v) is 22.0. The molecule has 5 saturated carbocycles. The minimum atomic E-state index is -0.128. The first-order chi connectivity index (χ1) is 15.0. The smallest absolute Gasteiger partial charge is 0.103 e. The molecule has 0 amide bonds. The minimum Gasteiger partial charge on any atom is -0.393 e. The Morgan fingerprint density at radius 3 is 2.31 bits per heavy atom. The largest absolute Gasteiger partial charge is 0.393 e. The Hall–Kier alpha value is -0.0800. The number of rotatable bonds is 4. The van der Waals surface area contributed by atoms with Crippen LogP contribution in [-0.2, 0) is 4.74 Å². The maximum absolute atomic E-state index is 10.4. The molecule has 0 aromatic carbocycles. The predicted octanol–water partition coefficient (Wildman–Crippen LogP) is 7.09. The van der Waals surface area contributed by atoms with Gasteiger partial charge in [-0.15, -0.1) is 0 Å². The van der Waals surface area contributed by atoms with Crippen LogP contribution in [0, 0.1) is 63.6 Å². The second-order valence-electron chi connectivity index (χ2n) is 14.9. The van der Waals surface area contributed by atoms with E-state index in [-0.39, 0.29) is 11.7 Å². The lowest BCUT2D eigenvalue weighted by atomic mass is 9.44. The van der Waals surface area contributed by atoms with Gasteiger partial charge in [0.15, 0.2) is 0 Å².